The van der Waals surface area contributed by atoms with Crippen LogP contribution in [0.3, 0.4) is 0 Å². The van der Waals surface area contributed by atoms with E-state index in [-0.39, 0.29) is 5.56 Å². The summed E-state index contributed by atoms with van der Waals surface area (Å²) in [4.78, 5) is 0. The highest BCUT2D eigenvalue weighted by molar-refractivity contribution is 5.50. The van der Waals surface area contributed by atoms with E-state index >= 15 is 0 Å². The van der Waals surface area contributed by atoms with Crippen LogP contribution in [-0.2, 0) is 6.54 Å². The minimum atomic E-state index is -0.481. The molecule has 0 amide bonds. The van der Waals surface area contributed by atoms with Gasteiger partial charge in [0.05, 0.1) is 5.56 Å². The van der Waals surface area contributed by atoms with Gasteiger partial charge in [-0.25, -0.2) is 4.39 Å². The van der Waals surface area contributed by atoms with Crippen LogP contribution >= 0.6 is 0 Å². The number of halogens is 1. The summed E-state index contributed by atoms with van der Waals surface area (Å²) in [5.74, 6) is 2.06. The fourth-order valence-electron chi connectivity index (χ4n) is 1.72. The minimum Gasteiger partial charge on any atom is -0.381 e. The molecule has 0 aliphatic heterocycles. The van der Waals surface area contributed by atoms with Gasteiger partial charge in [0.25, 0.3) is 0 Å². The molecule has 19 heavy (non-hydrogen) atoms. The fourth-order valence-corrected chi connectivity index (χ4v) is 1.72. The average Bonchev–Trinajstić information content (AvgIpc) is 2.46. The lowest BCUT2D eigenvalue weighted by Gasteiger charge is -2.08. The Hall–Kier alpha value is -2.78. The van der Waals surface area contributed by atoms with E-state index < -0.39 is 5.82 Å². The first kappa shape index (κ1) is 12.7. The van der Waals surface area contributed by atoms with Crippen molar-refractivity contribution in [3.63, 3.8) is 0 Å². The van der Waals surface area contributed by atoms with Crippen molar-refractivity contribution < 1.29 is 4.39 Å². The monoisotopic (exact) mass is 250 g/mol. The van der Waals surface area contributed by atoms with Gasteiger partial charge < -0.3 is 5.32 Å². The molecule has 0 aromatic heterocycles. The summed E-state index contributed by atoms with van der Waals surface area (Å²) < 4.78 is 13.8. The van der Waals surface area contributed by atoms with Crippen LogP contribution in [0.4, 0.5) is 10.1 Å². The Balaban J connectivity index is 2.15. The number of nitriles is 1. The maximum atomic E-state index is 13.8. The van der Waals surface area contributed by atoms with E-state index in [4.69, 9.17) is 11.7 Å². The molecule has 92 valence electrons. The van der Waals surface area contributed by atoms with Crippen LogP contribution in [0.25, 0.3) is 0 Å². The van der Waals surface area contributed by atoms with E-state index in [1.807, 2.05) is 30.3 Å². The number of hydrogen-bond donors (Lipinski definition) is 1. The van der Waals surface area contributed by atoms with Crippen LogP contribution in [0.15, 0.2) is 42.5 Å². The molecule has 2 aromatic rings. The molecule has 0 heterocycles. The highest BCUT2D eigenvalue weighted by Crippen LogP contribution is 2.15. The summed E-state index contributed by atoms with van der Waals surface area (Å²) in [6, 6.07) is 13.9. The summed E-state index contributed by atoms with van der Waals surface area (Å²) in [6.45, 7) is 0.301. The van der Waals surface area contributed by atoms with E-state index in [9.17, 15) is 4.39 Å². The maximum absolute atomic E-state index is 13.8. The number of hydrogen-bond acceptors (Lipinski definition) is 2. The van der Waals surface area contributed by atoms with Crippen molar-refractivity contribution in [3.8, 4) is 18.4 Å². The van der Waals surface area contributed by atoms with E-state index in [2.05, 4.69) is 11.2 Å². The lowest BCUT2D eigenvalue weighted by atomic mass is 10.1. The smallest absolute Gasteiger partial charge is 0.145 e. The number of nitrogens with one attached hydrogen (secondary N) is 1. The van der Waals surface area contributed by atoms with E-state index in [0.29, 0.717) is 12.1 Å². The van der Waals surface area contributed by atoms with Crippen LogP contribution in [0.1, 0.15) is 16.7 Å². The van der Waals surface area contributed by atoms with Gasteiger partial charge in [-0.05, 0) is 24.3 Å². The first-order valence-electron chi connectivity index (χ1n) is 5.72. The number of benzene rings is 2. The summed E-state index contributed by atoms with van der Waals surface area (Å²) in [5.41, 5.74) is 2.08. The third-order valence-electron chi connectivity index (χ3n) is 2.71. The van der Waals surface area contributed by atoms with Gasteiger partial charge in [0, 0.05) is 23.4 Å². The van der Waals surface area contributed by atoms with Gasteiger partial charge in [-0.1, -0.05) is 24.1 Å². The summed E-state index contributed by atoms with van der Waals surface area (Å²) in [5, 5.41) is 11.8. The Morgan fingerprint density at radius 3 is 2.74 bits per heavy atom. The van der Waals surface area contributed by atoms with Crippen molar-refractivity contribution in [2.24, 2.45) is 0 Å². The fraction of sp³-hybridized carbons (Fsp3) is 0.0625. The number of terminal acetylenes is 1. The third kappa shape index (κ3) is 2.91. The van der Waals surface area contributed by atoms with Crippen molar-refractivity contribution in [3.05, 3.63) is 65.0 Å². The molecule has 0 unspecified atom stereocenters. The Kier molecular flexibility index (Phi) is 3.81. The van der Waals surface area contributed by atoms with Gasteiger partial charge in [0.2, 0.25) is 0 Å². The van der Waals surface area contributed by atoms with Gasteiger partial charge in [-0.3, -0.25) is 0 Å². The first-order valence-corrected chi connectivity index (χ1v) is 5.72. The standard InChI is InChI=1S/C16H11FN2/c1-2-12-5-3-8-15(9-12)19-11-14-7-4-6-13(10-18)16(14)17/h1,3-9,19H,11H2. The largest absolute Gasteiger partial charge is 0.381 e. The zero-order valence-electron chi connectivity index (χ0n) is 10.2. The zero-order chi connectivity index (χ0) is 13.7. The lowest BCUT2D eigenvalue weighted by molar-refractivity contribution is 0.609. The van der Waals surface area contributed by atoms with Crippen LogP contribution in [0.2, 0.25) is 0 Å². The number of rotatable bonds is 3. The Labute approximate surface area is 111 Å². The van der Waals surface area contributed by atoms with Crippen molar-refractivity contribution in [2.75, 3.05) is 5.32 Å². The average molecular weight is 250 g/mol. The molecule has 0 saturated carbocycles. The van der Waals surface area contributed by atoms with Crippen molar-refractivity contribution in [2.45, 2.75) is 6.54 Å². The zero-order valence-corrected chi connectivity index (χ0v) is 10.2. The van der Waals surface area contributed by atoms with Gasteiger partial charge in [0.1, 0.15) is 11.9 Å². The van der Waals surface area contributed by atoms with E-state index in [1.54, 1.807) is 12.1 Å². The van der Waals surface area contributed by atoms with Crippen molar-refractivity contribution in [1.29, 1.82) is 5.26 Å². The molecule has 0 bridgehead atoms. The van der Waals surface area contributed by atoms with Crippen LogP contribution in [0.5, 0.6) is 0 Å². The molecule has 1 N–H and O–H groups in total. The molecular formula is C16H11FN2. The Morgan fingerprint density at radius 1 is 1.21 bits per heavy atom. The van der Waals surface area contributed by atoms with Gasteiger partial charge in [0.15, 0.2) is 0 Å². The van der Waals surface area contributed by atoms with Gasteiger partial charge in [-0.2, -0.15) is 5.26 Å². The molecule has 0 fully saturated rings. The SMILES string of the molecule is C#Cc1cccc(NCc2cccc(C#N)c2F)c1. The normalized spacial score (nSPS) is 9.42. The van der Waals surface area contributed by atoms with Crippen LogP contribution < -0.4 is 5.32 Å². The second-order valence-corrected chi connectivity index (χ2v) is 3.97. The van der Waals surface area contributed by atoms with Gasteiger partial charge >= 0.3 is 0 Å². The molecule has 0 radical (unpaired) electrons. The molecule has 2 nitrogen and oxygen atoms in total. The second kappa shape index (κ2) is 5.71. The van der Waals surface area contributed by atoms with Crippen molar-refractivity contribution in [1.82, 2.24) is 0 Å². The summed E-state index contributed by atoms with van der Waals surface area (Å²) in [7, 11) is 0. The molecule has 0 atom stereocenters. The van der Waals surface area contributed by atoms with Crippen molar-refractivity contribution >= 4 is 5.69 Å². The van der Waals surface area contributed by atoms with Crippen LogP contribution in [-0.4, -0.2) is 0 Å². The third-order valence-corrected chi connectivity index (χ3v) is 2.71. The van der Waals surface area contributed by atoms with Crippen LogP contribution in [0, 0.1) is 29.5 Å². The highest BCUT2D eigenvalue weighted by Gasteiger charge is 2.06. The molecule has 3 heteroatoms. The molecule has 2 rings (SSSR count). The molecule has 2 aromatic carbocycles. The Morgan fingerprint density at radius 2 is 2.00 bits per heavy atom. The maximum Gasteiger partial charge on any atom is 0.145 e. The number of nitrogens with zero attached hydrogens (tertiary/aromatic N) is 1. The van der Waals surface area contributed by atoms with E-state index in [1.165, 1.54) is 6.07 Å². The predicted octanol–water partition coefficient (Wildman–Crippen LogP) is 3.29. The minimum absolute atomic E-state index is 0.0525. The predicted molar refractivity (Wildman–Crippen MR) is 72.8 cm³/mol. The lowest BCUT2D eigenvalue weighted by Crippen LogP contribution is -2.03. The molecule has 0 aliphatic rings. The topological polar surface area (TPSA) is 35.8 Å². The molecule has 0 saturated heterocycles. The quantitative estimate of drug-likeness (QED) is 0.848. The van der Waals surface area contributed by atoms with E-state index in [0.717, 1.165) is 11.3 Å². The second-order valence-electron chi connectivity index (χ2n) is 3.97. The first-order chi connectivity index (χ1) is 9.24. The molecular weight excluding hydrogens is 239 g/mol. The molecule has 0 spiro atoms. The summed E-state index contributed by atoms with van der Waals surface area (Å²) >= 11 is 0. The van der Waals surface area contributed by atoms with Gasteiger partial charge in [-0.15, -0.1) is 6.42 Å². The molecule has 0 aliphatic carbocycles. The Bertz CT molecular complexity index is 678. The highest BCUT2D eigenvalue weighted by atomic mass is 19.1. The summed E-state index contributed by atoms with van der Waals surface area (Å²) in [6.07, 6.45) is 5.31. The number of anilines is 1.